The van der Waals surface area contributed by atoms with Crippen LogP contribution in [0.25, 0.3) is 0 Å². The SMILES string of the molecule is CCCCCCC(C)(CN)N1CCN2CCCC2C1. The molecule has 0 saturated carbocycles. The first-order chi connectivity index (χ1) is 9.19. The van der Waals surface area contributed by atoms with Gasteiger partial charge in [-0.25, -0.2) is 0 Å². The largest absolute Gasteiger partial charge is 0.329 e. The predicted octanol–water partition coefficient (Wildman–Crippen LogP) is 2.45. The fourth-order valence-corrected chi connectivity index (χ4v) is 3.80. The smallest absolute Gasteiger partial charge is 0.0304 e. The zero-order valence-corrected chi connectivity index (χ0v) is 13.0. The molecule has 0 amide bonds. The van der Waals surface area contributed by atoms with Gasteiger partial charge in [-0.2, -0.15) is 0 Å². The van der Waals surface area contributed by atoms with E-state index in [0.29, 0.717) is 0 Å². The van der Waals surface area contributed by atoms with Crippen molar-refractivity contribution in [1.82, 2.24) is 9.80 Å². The number of rotatable bonds is 7. The van der Waals surface area contributed by atoms with Crippen molar-refractivity contribution in [2.45, 2.75) is 70.4 Å². The van der Waals surface area contributed by atoms with Gasteiger partial charge in [0.25, 0.3) is 0 Å². The zero-order chi connectivity index (χ0) is 13.7. The molecular weight excluding hydrogens is 234 g/mol. The molecule has 2 unspecified atom stereocenters. The van der Waals surface area contributed by atoms with Crippen LogP contribution < -0.4 is 5.73 Å². The number of fused-ring (bicyclic) bond motifs is 1. The Balaban J connectivity index is 1.85. The molecule has 2 saturated heterocycles. The van der Waals surface area contributed by atoms with E-state index in [1.807, 2.05) is 0 Å². The maximum atomic E-state index is 6.13. The summed E-state index contributed by atoms with van der Waals surface area (Å²) in [6, 6.07) is 0.815. The first-order valence-electron chi connectivity index (χ1n) is 8.39. The van der Waals surface area contributed by atoms with Crippen molar-refractivity contribution in [3.05, 3.63) is 0 Å². The van der Waals surface area contributed by atoms with Crippen LogP contribution >= 0.6 is 0 Å². The molecule has 0 aromatic carbocycles. The van der Waals surface area contributed by atoms with E-state index in [1.54, 1.807) is 0 Å². The molecule has 0 aliphatic carbocycles. The predicted molar refractivity (Wildman–Crippen MR) is 82.4 cm³/mol. The molecule has 0 bridgehead atoms. The standard InChI is InChI=1S/C16H33N3/c1-3-4-5-6-9-16(2,14-17)19-12-11-18-10-7-8-15(18)13-19/h15H,3-14,17H2,1-2H3. The van der Waals surface area contributed by atoms with Gasteiger partial charge in [0, 0.05) is 37.8 Å². The van der Waals surface area contributed by atoms with E-state index >= 15 is 0 Å². The number of nitrogens with two attached hydrogens (primary N) is 1. The highest BCUT2D eigenvalue weighted by atomic mass is 15.3. The molecular formula is C16H33N3. The van der Waals surface area contributed by atoms with Gasteiger partial charge < -0.3 is 5.73 Å². The first-order valence-corrected chi connectivity index (χ1v) is 8.39. The summed E-state index contributed by atoms with van der Waals surface area (Å²) >= 11 is 0. The summed E-state index contributed by atoms with van der Waals surface area (Å²) in [5.41, 5.74) is 6.37. The van der Waals surface area contributed by atoms with E-state index < -0.39 is 0 Å². The topological polar surface area (TPSA) is 32.5 Å². The van der Waals surface area contributed by atoms with Gasteiger partial charge in [0.1, 0.15) is 0 Å². The molecule has 112 valence electrons. The molecule has 0 spiro atoms. The highest BCUT2D eigenvalue weighted by Crippen LogP contribution is 2.28. The molecule has 3 nitrogen and oxygen atoms in total. The maximum absolute atomic E-state index is 6.13. The number of unbranched alkanes of at least 4 members (excludes halogenated alkanes) is 3. The molecule has 2 aliphatic heterocycles. The van der Waals surface area contributed by atoms with E-state index in [2.05, 4.69) is 23.6 Å². The van der Waals surface area contributed by atoms with E-state index in [0.717, 1.165) is 12.6 Å². The van der Waals surface area contributed by atoms with Gasteiger partial charge in [-0.15, -0.1) is 0 Å². The van der Waals surface area contributed by atoms with Crippen molar-refractivity contribution < 1.29 is 0 Å². The van der Waals surface area contributed by atoms with Crippen LogP contribution in [0, 0.1) is 0 Å². The molecule has 0 radical (unpaired) electrons. The summed E-state index contributed by atoms with van der Waals surface area (Å²) < 4.78 is 0. The monoisotopic (exact) mass is 267 g/mol. The number of hydrogen-bond donors (Lipinski definition) is 1. The lowest BCUT2D eigenvalue weighted by Crippen LogP contribution is -2.60. The molecule has 3 heteroatoms. The van der Waals surface area contributed by atoms with Crippen molar-refractivity contribution in [3.8, 4) is 0 Å². The third-order valence-corrected chi connectivity index (χ3v) is 5.36. The van der Waals surface area contributed by atoms with E-state index in [-0.39, 0.29) is 5.54 Å². The Morgan fingerprint density at radius 2 is 2.00 bits per heavy atom. The van der Waals surface area contributed by atoms with Crippen molar-refractivity contribution >= 4 is 0 Å². The highest BCUT2D eigenvalue weighted by Gasteiger charge is 2.37. The van der Waals surface area contributed by atoms with E-state index in [1.165, 1.54) is 71.1 Å². The van der Waals surface area contributed by atoms with E-state index in [9.17, 15) is 0 Å². The number of piperazine rings is 1. The zero-order valence-electron chi connectivity index (χ0n) is 13.0. The molecule has 0 aromatic heterocycles. The summed E-state index contributed by atoms with van der Waals surface area (Å²) in [5, 5.41) is 0. The van der Waals surface area contributed by atoms with Crippen LogP contribution in [0.1, 0.15) is 58.8 Å². The van der Waals surface area contributed by atoms with Gasteiger partial charge in [0.05, 0.1) is 0 Å². The summed E-state index contributed by atoms with van der Waals surface area (Å²) in [5.74, 6) is 0. The van der Waals surface area contributed by atoms with Crippen LogP contribution in [0.5, 0.6) is 0 Å². The molecule has 2 heterocycles. The van der Waals surface area contributed by atoms with Crippen LogP contribution in [0.2, 0.25) is 0 Å². The lowest BCUT2D eigenvalue weighted by molar-refractivity contribution is 0.0215. The van der Waals surface area contributed by atoms with Crippen molar-refractivity contribution in [1.29, 1.82) is 0 Å². The fourth-order valence-electron chi connectivity index (χ4n) is 3.80. The molecule has 2 rings (SSSR count). The average Bonchev–Trinajstić information content (AvgIpc) is 2.90. The Hall–Kier alpha value is -0.120. The van der Waals surface area contributed by atoms with Crippen LogP contribution in [0.15, 0.2) is 0 Å². The Morgan fingerprint density at radius 3 is 2.74 bits per heavy atom. The van der Waals surface area contributed by atoms with Gasteiger partial charge in [-0.1, -0.05) is 32.6 Å². The fraction of sp³-hybridized carbons (Fsp3) is 1.00. The molecule has 2 fully saturated rings. The van der Waals surface area contributed by atoms with Gasteiger partial charge in [-0.05, 0) is 32.7 Å². The number of hydrogen-bond acceptors (Lipinski definition) is 3. The van der Waals surface area contributed by atoms with E-state index in [4.69, 9.17) is 5.73 Å². The van der Waals surface area contributed by atoms with Gasteiger partial charge in [0.2, 0.25) is 0 Å². The number of nitrogens with zero attached hydrogens (tertiary/aromatic N) is 2. The van der Waals surface area contributed by atoms with Crippen molar-refractivity contribution in [3.63, 3.8) is 0 Å². The second kappa shape index (κ2) is 7.05. The Bertz CT molecular complexity index is 269. The second-order valence-corrected chi connectivity index (χ2v) is 6.79. The third-order valence-electron chi connectivity index (χ3n) is 5.36. The second-order valence-electron chi connectivity index (χ2n) is 6.79. The molecule has 19 heavy (non-hydrogen) atoms. The Kier molecular flexibility index (Phi) is 5.67. The highest BCUT2D eigenvalue weighted by molar-refractivity contribution is 4.95. The van der Waals surface area contributed by atoms with Crippen LogP contribution in [-0.4, -0.2) is 54.1 Å². The summed E-state index contributed by atoms with van der Waals surface area (Å²) in [4.78, 5) is 5.38. The van der Waals surface area contributed by atoms with Crippen LogP contribution in [0.4, 0.5) is 0 Å². The minimum absolute atomic E-state index is 0.239. The minimum Gasteiger partial charge on any atom is -0.329 e. The summed E-state index contributed by atoms with van der Waals surface area (Å²) in [6.07, 6.45) is 9.47. The maximum Gasteiger partial charge on any atom is 0.0304 e. The summed E-state index contributed by atoms with van der Waals surface area (Å²) in [6.45, 7) is 10.5. The third kappa shape index (κ3) is 3.71. The lowest BCUT2D eigenvalue weighted by atomic mass is 9.90. The quantitative estimate of drug-likeness (QED) is 0.719. The molecule has 2 aliphatic rings. The van der Waals surface area contributed by atoms with Gasteiger partial charge in [0.15, 0.2) is 0 Å². The molecule has 0 aromatic rings. The lowest BCUT2D eigenvalue weighted by Gasteiger charge is -2.47. The van der Waals surface area contributed by atoms with Crippen molar-refractivity contribution in [2.24, 2.45) is 5.73 Å². The van der Waals surface area contributed by atoms with Gasteiger partial charge in [-0.3, -0.25) is 9.80 Å². The van der Waals surface area contributed by atoms with Crippen LogP contribution in [-0.2, 0) is 0 Å². The average molecular weight is 267 g/mol. The van der Waals surface area contributed by atoms with Crippen LogP contribution in [0.3, 0.4) is 0 Å². The van der Waals surface area contributed by atoms with Gasteiger partial charge >= 0.3 is 0 Å². The Labute approximate surface area is 119 Å². The molecule has 2 atom stereocenters. The van der Waals surface area contributed by atoms with Crippen molar-refractivity contribution in [2.75, 3.05) is 32.7 Å². The molecule has 2 N–H and O–H groups in total. The summed E-state index contributed by atoms with van der Waals surface area (Å²) in [7, 11) is 0. The Morgan fingerprint density at radius 1 is 1.16 bits per heavy atom. The first kappa shape index (κ1) is 15.3. The minimum atomic E-state index is 0.239. The normalized spacial score (nSPS) is 28.3.